The molecule has 0 radical (unpaired) electrons. The number of carbonyl (C=O) groups is 3. The lowest BCUT2D eigenvalue weighted by Gasteiger charge is -2.31. The van der Waals surface area contributed by atoms with Gasteiger partial charge in [0, 0.05) is 13.0 Å². The molecule has 0 spiro atoms. The van der Waals surface area contributed by atoms with Crippen LogP contribution < -0.4 is 10.6 Å². The number of rotatable bonds is 14. The van der Waals surface area contributed by atoms with Crippen LogP contribution in [0.25, 0.3) is 0 Å². The number of aliphatic carboxylic acids is 1. The molecule has 6 heteroatoms. The predicted octanol–water partition coefficient (Wildman–Crippen LogP) is 4.75. The monoisotopic (exact) mass is 460 g/mol. The molecule has 0 fully saturated rings. The zero-order valence-electron chi connectivity index (χ0n) is 21.4. The number of hydrogen-bond acceptors (Lipinski definition) is 3. The van der Waals surface area contributed by atoms with Crippen LogP contribution in [0.5, 0.6) is 0 Å². The highest BCUT2D eigenvalue weighted by atomic mass is 16.4. The molecular weight excluding hydrogens is 416 g/mol. The van der Waals surface area contributed by atoms with Crippen LogP contribution in [0.3, 0.4) is 0 Å². The van der Waals surface area contributed by atoms with Gasteiger partial charge < -0.3 is 15.7 Å². The normalized spacial score (nSPS) is 14.2. The molecule has 0 aliphatic rings. The molecular formula is C27H44N2O4. The van der Waals surface area contributed by atoms with Crippen molar-refractivity contribution < 1.29 is 19.5 Å². The fourth-order valence-electron chi connectivity index (χ4n) is 4.07. The zero-order chi connectivity index (χ0) is 25.0. The summed E-state index contributed by atoms with van der Waals surface area (Å²) in [5.41, 5.74) is 1.95. The number of hydrogen-bond donors (Lipinski definition) is 3. The first-order valence-electron chi connectivity index (χ1n) is 12.4. The minimum absolute atomic E-state index is 0.246. The highest BCUT2D eigenvalue weighted by Gasteiger charge is 2.35. The molecule has 2 amide bonds. The van der Waals surface area contributed by atoms with Crippen LogP contribution in [-0.4, -0.2) is 36.0 Å². The van der Waals surface area contributed by atoms with Gasteiger partial charge in [-0.15, -0.1) is 0 Å². The highest BCUT2D eigenvalue weighted by molar-refractivity contribution is 5.89. The van der Waals surface area contributed by atoms with Crippen molar-refractivity contribution in [2.75, 3.05) is 7.05 Å². The fraction of sp³-hybridized carbons (Fsp3) is 0.667. The first-order chi connectivity index (χ1) is 15.5. The number of benzene rings is 1. The van der Waals surface area contributed by atoms with Crippen LogP contribution in [0, 0.1) is 17.3 Å². The average Bonchev–Trinajstić information content (AvgIpc) is 2.76. The van der Waals surface area contributed by atoms with E-state index < -0.39 is 29.3 Å². The van der Waals surface area contributed by atoms with Crippen molar-refractivity contribution >= 4 is 17.8 Å². The summed E-state index contributed by atoms with van der Waals surface area (Å²) in [6.45, 7) is 9.89. The Bertz CT molecular complexity index is 752. The molecule has 186 valence electrons. The Hall–Kier alpha value is -2.37. The van der Waals surface area contributed by atoms with Crippen molar-refractivity contribution in [2.45, 2.75) is 92.0 Å². The predicted molar refractivity (Wildman–Crippen MR) is 133 cm³/mol. The summed E-state index contributed by atoms with van der Waals surface area (Å²) in [7, 11) is 1.55. The fourth-order valence-corrected chi connectivity index (χ4v) is 4.07. The van der Waals surface area contributed by atoms with Crippen molar-refractivity contribution in [1.29, 1.82) is 0 Å². The van der Waals surface area contributed by atoms with E-state index in [0.29, 0.717) is 19.3 Å². The molecule has 0 saturated carbocycles. The van der Waals surface area contributed by atoms with E-state index in [1.54, 1.807) is 7.05 Å². The molecule has 1 aromatic rings. The number of carboxylic acids is 1. The molecule has 3 atom stereocenters. The summed E-state index contributed by atoms with van der Waals surface area (Å²) in [4.78, 5) is 37.6. The smallest absolute Gasteiger partial charge is 0.306 e. The standard InChI is InChI=1S/C27H44N2O4/c1-7-9-11-22(26(32)33)18-21(17-16-20-14-12-19(10-8-2)13-15-20)24(30)29-23(25(31)28-6)27(3,4)5/h12-15,21-23H,7-11,16-18H2,1-6H3,(H,28,31)(H,29,30)(H,32,33)/t21-,22-,23+/m0/s1. The Labute approximate surface area is 199 Å². The lowest BCUT2D eigenvalue weighted by molar-refractivity contribution is -0.143. The molecule has 0 bridgehead atoms. The van der Waals surface area contributed by atoms with E-state index in [1.807, 2.05) is 27.7 Å². The van der Waals surface area contributed by atoms with Gasteiger partial charge in [0.1, 0.15) is 6.04 Å². The van der Waals surface area contributed by atoms with Gasteiger partial charge in [0.15, 0.2) is 0 Å². The summed E-state index contributed by atoms with van der Waals surface area (Å²) < 4.78 is 0. The summed E-state index contributed by atoms with van der Waals surface area (Å²) in [5, 5.41) is 15.3. The van der Waals surface area contributed by atoms with Crippen molar-refractivity contribution in [2.24, 2.45) is 17.3 Å². The van der Waals surface area contributed by atoms with Crippen LogP contribution in [0.15, 0.2) is 24.3 Å². The highest BCUT2D eigenvalue weighted by Crippen LogP contribution is 2.26. The zero-order valence-corrected chi connectivity index (χ0v) is 21.4. The number of likely N-dealkylation sites (N-methyl/N-ethyl adjacent to an activating group) is 1. The Balaban J connectivity index is 3.04. The number of amides is 2. The number of carbonyl (C=O) groups excluding carboxylic acids is 2. The maximum Gasteiger partial charge on any atom is 0.306 e. The van der Waals surface area contributed by atoms with Crippen LogP contribution in [0.1, 0.15) is 84.3 Å². The molecule has 0 saturated heterocycles. The van der Waals surface area contributed by atoms with E-state index in [1.165, 1.54) is 5.56 Å². The molecule has 0 unspecified atom stereocenters. The number of carboxylic acid groups (broad SMARTS) is 1. The van der Waals surface area contributed by atoms with Gasteiger partial charge in [0.25, 0.3) is 0 Å². The molecule has 0 aliphatic heterocycles. The summed E-state index contributed by atoms with van der Waals surface area (Å²) in [5.74, 6) is -2.40. The largest absolute Gasteiger partial charge is 0.481 e. The molecule has 33 heavy (non-hydrogen) atoms. The maximum absolute atomic E-state index is 13.3. The maximum atomic E-state index is 13.3. The molecule has 0 aliphatic carbocycles. The third-order valence-corrected chi connectivity index (χ3v) is 6.20. The lowest BCUT2D eigenvalue weighted by Crippen LogP contribution is -2.54. The van der Waals surface area contributed by atoms with Gasteiger partial charge >= 0.3 is 5.97 Å². The average molecular weight is 461 g/mol. The van der Waals surface area contributed by atoms with Gasteiger partial charge in [-0.25, -0.2) is 0 Å². The Morgan fingerprint density at radius 2 is 1.45 bits per heavy atom. The second-order valence-electron chi connectivity index (χ2n) is 10.1. The third kappa shape index (κ3) is 9.97. The summed E-state index contributed by atoms with van der Waals surface area (Å²) >= 11 is 0. The molecule has 6 nitrogen and oxygen atoms in total. The Kier molecular flexibility index (Phi) is 12.2. The first-order valence-corrected chi connectivity index (χ1v) is 12.4. The van der Waals surface area contributed by atoms with Crippen molar-refractivity contribution in [1.82, 2.24) is 10.6 Å². The van der Waals surface area contributed by atoms with E-state index in [9.17, 15) is 19.5 Å². The Morgan fingerprint density at radius 1 is 0.879 bits per heavy atom. The van der Waals surface area contributed by atoms with E-state index in [2.05, 4.69) is 41.8 Å². The van der Waals surface area contributed by atoms with Gasteiger partial charge in [0.05, 0.1) is 5.92 Å². The van der Waals surface area contributed by atoms with Crippen molar-refractivity contribution in [3.8, 4) is 0 Å². The molecule has 3 N–H and O–H groups in total. The van der Waals surface area contributed by atoms with E-state index in [-0.39, 0.29) is 18.2 Å². The third-order valence-electron chi connectivity index (χ3n) is 6.20. The lowest BCUT2D eigenvalue weighted by atomic mass is 9.83. The molecule has 1 aromatic carbocycles. The van der Waals surface area contributed by atoms with Crippen molar-refractivity contribution in [3.05, 3.63) is 35.4 Å². The second kappa shape index (κ2) is 14.0. The SMILES string of the molecule is CCCC[C@@H](C[C@H](CCc1ccc(CCC)cc1)C(=O)N[C@H](C(=O)NC)C(C)(C)C)C(=O)O. The number of aryl methyl sites for hydroxylation is 2. The van der Waals surface area contributed by atoms with Crippen LogP contribution in [-0.2, 0) is 27.2 Å². The van der Waals surface area contributed by atoms with Gasteiger partial charge in [-0.2, -0.15) is 0 Å². The molecule has 0 aromatic heterocycles. The molecule has 0 heterocycles. The first kappa shape index (κ1) is 28.7. The number of unbranched alkanes of at least 4 members (excludes halogenated alkanes) is 1. The van der Waals surface area contributed by atoms with Gasteiger partial charge in [0.2, 0.25) is 11.8 Å². The van der Waals surface area contributed by atoms with Crippen LogP contribution in [0.2, 0.25) is 0 Å². The minimum atomic E-state index is -0.858. The molecule has 1 rings (SSSR count). The summed E-state index contributed by atoms with van der Waals surface area (Å²) in [6, 6.07) is 7.74. The minimum Gasteiger partial charge on any atom is -0.481 e. The topological polar surface area (TPSA) is 95.5 Å². The quantitative estimate of drug-likeness (QED) is 0.373. The van der Waals surface area contributed by atoms with E-state index in [4.69, 9.17) is 0 Å². The van der Waals surface area contributed by atoms with Gasteiger partial charge in [-0.05, 0) is 48.6 Å². The van der Waals surface area contributed by atoms with E-state index >= 15 is 0 Å². The van der Waals surface area contributed by atoms with Crippen molar-refractivity contribution in [3.63, 3.8) is 0 Å². The van der Waals surface area contributed by atoms with E-state index in [0.717, 1.165) is 31.2 Å². The second-order valence-corrected chi connectivity index (χ2v) is 10.1. The number of nitrogens with one attached hydrogen (secondary N) is 2. The summed E-state index contributed by atoms with van der Waals surface area (Å²) in [6.07, 6.45) is 5.91. The van der Waals surface area contributed by atoms with Crippen LogP contribution in [0.4, 0.5) is 0 Å². The Morgan fingerprint density at radius 3 is 1.91 bits per heavy atom. The van der Waals surface area contributed by atoms with Crippen LogP contribution >= 0.6 is 0 Å². The van der Waals surface area contributed by atoms with Gasteiger partial charge in [-0.3, -0.25) is 14.4 Å². The van der Waals surface area contributed by atoms with Gasteiger partial charge in [-0.1, -0.05) is 78.1 Å².